The van der Waals surface area contributed by atoms with E-state index in [1.165, 1.54) is 0 Å². The van der Waals surface area contributed by atoms with E-state index in [4.69, 9.17) is 4.74 Å². The van der Waals surface area contributed by atoms with Crippen LogP contribution in [0.1, 0.15) is 51.5 Å². The maximum absolute atomic E-state index is 12.4. The first-order chi connectivity index (χ1) is 13.3. The van der Waals surface area contributed by atoms with Crippen molar-refractivity contribution in [3.63, 3.8) is 0 Å². The van der Waals surface area contributed by atoms with E-state index in [2.05, 4.69) is 5.32 Å². The van der Waals surface area contributed by atoms with Gasteiger partial charge in [0.15, 0.2) is 11.8 Å². The first-order valence-corrected chi connectivity index (χ1v) is 9.23. The van der Waals surface area contributed by atoms with Gasteiger partial charge in [-0.15, -0.1) is 0 Å². The van der Waals surface area contributed by atoms with Crippen molar-refractivity contribution < 1.29 is 24.2 Å². The molecule has 6 heteroatoms. The lowest BCUT2D eigenvalue weighted by atomic mass is 9.99. The number of hydrogen-bond acceptors (Lipinski definition) is 4. The Morgan fingerprint density at radius 1 is 1.11 bits per heavy atom. The molecule has 0 bridgehead atoms. The van der Waals surface area contributed by atoms with E-state index in [0.29, 0.717) is 24.2 Å². The summed E-state index contributed by atoms with van der Waals surface area (Å²) < 4.78 is 5.43. The van der Waals surface area contributed by atoms with Crippen molar-refractivity contribution in [3.05, 3.63) is 64.2 Å². The van der Waals surface area contributed by atoms with Crippen LogP contribution >= 0.6 is 0 Å². The summed E-state index contributed by atoms with van der Waals surface area (Å²) in [4.78, 5) is 36.4. The molecule has 0 spiro atoms. The largest absolute Gasteiger partial charge is 0.493 e. The van der Waals surface area contributed by atoms with E-state index >= 15 is 0 Å². The molecule has 0 fully saturated rings. The fourth-order valence-corrected chi connectivity index (χ4v) is 3.30. The molecule has 1 amide bonds. The zero-order valence-electron chi connectivity index (χ0n) is 16.0. The number of rotatable bonds is 7. The minimum Gasteiger partial charge on any atom is -0.493 e. The molecular weight excluding hydrogens is 358 g/mol. The SMILES string of the molecule is Cc1ccc(C)c(C(=O)CCC(=O)NC(C(=O)O)c2ccc3c(c2)CCO3)c1. The number of Topliss-reactive ketones (excluding diaryl/α,β-unsaturated/α-hetero) is 1. The molecule has 1 aliphatic heterocycles. The van der Waals surface area contributed by atoms with Gasteiger partial charge in [-0.2, -0.15) is 0 Å². The summed E-state index contributed by atoms with van der Waals surface area (Å²) in [6.07, 6.45) is 0.679. The second-order valence-electron chi connectivity index (χ2n) is 7.05. The van der Waals surface area contributed by atoms with Gasteiger partial charge in [0.05, 0.1) is 6.61 Å². The van der Waals surface area contributed by atoms with Gasteiger partial charge in [-0.05, 0) is 48.7 Å². The highest BCUT2D eigenvalue weighted by molar-refractivity contribution is 5.99. The monoisotopic (exact) mass is 381 g/mol. The number of carbonyl (C=O) groups is 3. The molecule has 1 heterocycles. The molecule has 2 aromatic rings. The van der Waals surface area contributed by atoms with Crippen molar-refractivity contribution >= 4 is 17.7 Å². The number of fused-ring (bicyclic) bond motifs is 1. The van der Waals surface area contributed by atoms with Gasteiger partial charge >= 0.3 is 5.97 Å². The van der Waals surface area contributed by atoms with Crippen molar-refractivity contribution in [2.75, 3.05) is 6.61 Å². The van der Waals surface area contributed by atoms with Gasteiger partial charge < -0.3 is 15.2 Å². The molecule has 0 aromatic heterocycles. The van der Waals surface area contributed by atoms with Gasteiger partial charge in [-0.1, -0.05) is 23.8 Å². The van der Waals surface area contributed by atoms with Crippen LogP contribution in [0.4, 0.5) is 0 Å². The van der Waals surface area contributed by atoms with Gasteiger partial charge in [0, 0.05) is 24.8 Å². The first-order valence-electron chi connectivity index (χ1n) is 9.23. The highest BCUT2D eigenvalue weighted by Gasteiger charge is 2.24. The normalized spacial score (nSPS) is 13.4. The molecule has 146 valence electrons. The first kappa shape index (κ1) is 19.6. The number of carbonyl (C=O) groups excluding carboxylic acids is 2. The van der Waals surface area contributed by atoms with E-state index in [1.807, 2.05) is 32.0 Å². The molecule has 0 saturated heterocycles. The van der Waals surface area contributed by atoms with Crippen LogP contribution in [0.15, 0.2) is 36.4 Å². The smallest absolute Gasteiger partial charge is 0.330 e. The Bertz CT molecular complexity index is 935. The molecule has 0 saturated carbocycles. The van der Waals surface area contributed by atoms with E-state index in [1.54, 1.807) is 18.2 Å². The Labute approximate surface area is 163 Å². The average molecular weight is 381 g/mol. The third kappa shape index (κ3) is 4.39. The lowest BCUT2D eigenvalue weighted by molar-refractivity contribution is -0.142. The second-order valence-corrected chi connectivity index (χ2v) is 7.05. The van der Waals surface area contributed by atoms with Crippen molar-refractivity contribution in [2.24, 2.45) is 0 Å². The van der Waals surface area contributed by atoms with Crippen molar-refractivity contribution in [2.45, 2.75) is 39.2 Å². The Morgan fingerprint density at radius 2 is 1.89 bits per heavy atom. The highest BCUT2D eigenvalue weighted by atomic mass is 16.5. The number of ketones is 1. The Balaban J connectivity index is 1.64. The molecule has 0 radical (unpaired) electrons. The summed E-state index contributed by atoms with van der Waals surface area (Å²) in [5.74, 6) is -0.993. The lowest BCUT2D eigenvalue weighted by Gasteiger charge is -2.16. The van der Waals surface area contributed by atoms with Gasteiger partial charge in [0.1, 0.15) is 5.75 Å². The fraction of sp³-hybridized carbons (Fsp3) is 0.318. The maximum atomic E-state index is 12.4. The Hall–Kier alpha value is -3.15. The molecule has 2 aromatic carbocycles. The molecular formula is C22H23NO5. The van der Waals surface area contributed by atoms with Crippen LogP contribution in [0.25, 0.3) is 0 Å². The summed E-state index contributed by atoms with van der Waals surface area (Å²) in [6.45, 7) is 4.33. The molecule has 2 N–H and O–H groups in total. The summed E-state index contributed by atoms with van der Waals surface area (Å²) in [5.41, 5.74) is 3.86. The van der Waals surface area contributed by atoms with Crippen molar-refractivity contribution in [3.8, 4) is 5.75 Å². The van der Waals surface area contributed by atoms with Crippen LogP contribution in [-0.2, 0) is 16.0 Å². The molecule has 1 atom stereocenters. The van der Waals surface area contributed by atoms with Gasteiger partial charge in [-0.3, -0.25) is 9.59 Å². The van der Waals surface area contributed by atoms with Gasteiger partial charge in [0.25, 0.3) is 0 Å². The molecule has 1 unspecified atom stereocenters. The quantitative estimate of drug-likeness (QED) is 0.719. The Morgan fingerprint density at radius 3 is 2.64 bits per heavy atom. The molecule has 3 rings (SSSR count). The van der Waals surface area contributed by atoms with Gasteiger partial charge in [-0.25, -0.2) is 4.79 Å². The second kappa shape index (κ2) is 8.25. The van der Waals surface area contributed by atoms with Crippen LogP contribution < -0.4 is 10.1 Å². The van der Waals surface area contributed by atoms with Crippen molar-refractivity contribution in [1.29, 1.82) is 0 Å². The minimum atomic E-state index is -1.16. The van der Waals surface area contributed by atoms with E-state index in [-0.39, 0.29) is 18.6 Å². The lowest BCUT2D eigenvalue weighted by Crippen LogP contribution is -2.34. The molecule has 0 aliphatic carbocycles. The predicted molar refractivity (Wildman–Crippen MR) is 104 cm³/mol. The number of hydrogen-bond donors (Lipinski definition) is 2. The summed E-state index contributed by atoms with van der Waals surface area (Å²) >= 11 is 0. The third-order valence-corrected chi connectivity index (χ3v) is 4.87. The minimum absolute atomic E-state index is 0.0283. The van der Waals surface area contributed by atoms with Crippen LogP contribution in [0, 0.1) is 13.8 Å². The fourth-order valence-electron chi connectivity index (χ4n) is 3.30. The number of aliphatic carboxylic acids is 1. The van der Waals surface area contributed by atoms with E-state index in [9.17, 15) is 19.5 Å². The average Bonchev–Trinajstić information content (AvgIpc) is 3.13. The number of aryl methyl sites for hydroxylation is 2. The maximum Gasteiger partial charge on any atom is 0.330 e. The van der Waals surface area contributed by atoms with Gasteiger partial charge in [0.2, 0.25) is 5.91 Å². The summed E-state index contributed by atoms with van der Waals surface area (Å²) in [5, 5.41) is 12.1. The topological polar surface area (TPSA) is 92.7 Å². The standard InChI is InChI=1S/C22H23NO5/c1-13-3-4-14(2)17(11-13)18(24)6-8-20(25)23-21(22(26)27)16-5-7-19-15(12-16)9-10-28-19/h3-5,7,11-12,21H,6,8-10H2,1-2H3,(H,23,25)(H,26,27). The Kier molecular flexibility index (Phi) is 5.78. The van der Waals surface area contributed by atoms with Crippen LogP contribution in [0.5, 0.6) is 5.75 Å². The molecule has 6 nitrogen and oxygen atoms in total. The number of benzene rings is 2. The zero-order valence-corrected chi connectivity index (χ0v) is 16.0. The number of carboxylic acid groups (broad SMARTS) is 1. The third-order valence-electron chi connectivity index (χ3n) is 4.87. The van der Waals surface area contributed by atoms with Crippen molar-refractivity contribution in [1.82, 2.24) is 5.32 Å². The molecule has 28 heavy (non-hydrogen) atoms. The number of carboxylic acids is 1. The molecule has 1 aliphatic rings. The van der Waals surface area contributed by atoms with Crippen LogP contribution in [0.2, 0.25) is 0 Å². The number of amides is 1. The zero-order chi connectivity index (χ0) is 20.3. The van der Waals surface area contributed by atoms with Crippen LogP contribution in [-0.4, -0.2) is 29.4 Å². The number of ether oxygens (including phenoxy) is 1. The summed E-state index contributed by atoms with van der Waals surface area (Å²) in [6, 6.07) is 9.58. The van der Waals surface area contributed by atoms with E-state index < -0.39 is 17.9 Å². The predicted octanol–water partition coefficient (Wildman–Crippen LogP) is 3.14. The summed E-state index contributed by atoms with van der Waals surface area (Å²) in [7, 11) is 0. The van der Waals surface area contributed by atoms with E-state index in [0.717, 1.165) is 22.4 Å². The number of nitrogens with one attached hydrogen (secondary N) is 1. The van der Waals surface area contributed by atoms with Crippen LogP contribution in [0.3, 0.4) is 0 Å². The highest BCUT2D eigenvalue weighted by Crippen LogP contribution is 2.28.